The summed E-state index contributed by atoms with van der Waals surface area (Å²) < 4.78 is 22.0. The molecule has 0 radical (unpaired) electrons. The predicted octanol–water partition coefficient (Wildman–Crippen LogP) is 6.44. The van der Waals surface area contributed by atoms with Crippen molar-refractivity contribution in [3.8, 4) is 11.1 Å². The Bertz CT molecular complexity index is 1410. The number of alkyl carbamates (subject to hydrolysis) is 1. The normalized spacial score (nSPS) is 17.9. The number of carbonyl (C=O) groups is 3. The molecule has 0 aliphatic heterocycles. The van der Waals surface area contributed by atoms with Gasteiger partial charge in [-0.3, -0.25) is 4.90 Å². The molecule has 43 heavy (non-hydrogen) atoms. The van der Waals surface area contributed by atoms with Crippen molar-refractivity contribution in [2.45, 2.75) is 83.5 Å². The molecule has 3 aromatic rings. The van der Waals surface area contributed by atoms with Gasteiger partial charge in [0, 0.05) is 12.0 Å². The molecule has 2 atom stereocenters. The molecular formula is C33H39N3O7. The third kappa shape index (κ3) is 7.01. The van der Waals surface area contributed by atoms with Gasteiger partial charge in [-0.05, 0) is 62.8 Å². The molecule has 0 unspecified atom stereocenters. The minimum Gasteiger partial charge on any atom is -0.461 e. The lowest BCUT2D eigenvalue weighted by Gasteiger charge is -2.39. The number of rotatable bonds is 8. The minimum absolute atomic E-state index is 0.000242. The zero-order valence-corrected chi connectivity index (χ0v) is 25.1. The fraction of sp³-hybridized carbons (Fsp3) is 0.455. The molecule has 0 saturated heterocycles. The van der Waals surface area contributed by atoms with Gasteiger partial charge >= 0.3 is 18.2 Å². The lowest BCUT2D eigenvalue weighted by molar-refractivity contribution is 0.0353. The van der Waals surface area contributed by atoms with Gasteiger partial charge in [-0.15, -0.1) is 0 Å². The summed E-state index contributed by atoms with van der Waals surface area (Å²) in [6.07, 6.45) is 1.99. The first-order valence-corrected chi connectivity index (χ1v) is 14.9. The number of esters is 1. The van der Waals surface area contributed by atoms with Crippen LogP contribution in [0.15, 0.2) is 59.1 Å². The average molecular weight is 590 g/mol. The molecule has 1 aromatic heterocycles. The van der Waals surface area contributed by atoms with Crippen LogP contribution in [0, 0.1) is 0 Å². The molecule has 1 heterocycles. The average Bonchev–Trinajstić information content (AvgIpc) is 3.57. The summed E-state index contributed by atoms with van der Waals surface area (Å²) in [6.45, 7) is 7.47. The number of hydrogen-bond acceptors (Lipinski definition) is 8. The van der Waals surface area contributed by atoms with Gasteiger partial charge in [0.15, 0.2) is 11.5 Å². The van der Waals surface area contributed by atoms with Gasteiger partial charge in [-0.25, -0.2) is 14.4 Å². The standard InChI is InChI=1S/C33H39N3O7/c1-5-40-30(37)28-18-21(43-35-28)19-36(29-17-11-10-16-27(29)34-31(38)42-33(2,3)4)32(39)41-20-26-24-14-8-6-12-22(24)23-13-7-9-15-25(23)26/h6-9,12-15,18,26-27,29H,5,10-11,16-17,19-20H2,1-4H3,(H,34,38)/t27-,29-/m1/s1. The Labute approximate surface area is 251 Å². The summed E-state index contributed by atoms with van der Waals surface area (Å²) in [5.74, 6) is -0.411. The van der Waals surface area contributed by atoms with Gasteiger partial charge in [0.1, 0.15) is 12.2 Å². The SMILES string of the molecule is CCOC(=O)c1cc(CN(C(=O)OCC2c3ccccc3-c3ccccc32)[C@@H]2CCCC[C@H]2NC(=O)OC(C)(C)C)on1. The first-order valence-electron chi connectivity index (χ1n) is 14.9. The van der Waals surface area contributed by atoms with Crippen LogP contribution in [0.2, 0.25) is 0 Å². The first kappa shape index (κ1) is 30.1. The van der Waals surface area contributed by atoms with Crippen LogP contribution >= 0.6 is 0 Å². The zero-order valence-electron chi connectivity index (χ0n) is 25.1. The van der Waals surface area contributed by atoms with E-state index in [0.717, 1.165) is 35.1 Å². The number of carbonyl (C=O) groups excluding carboxylic acids is 3. The summed E-state index contributed by atoms with van der Waals surface area (Å²) in [4.78, 5) is 40.5. The van der Waals surface area contributed by atoms with Crippen molar-refractivity contribution >= 4 is 18.2 Å². The number of amides is 2. The smallest absolute Gasteiger partial charge is 0.410 e. The summed E-state index contributed by atoms with van der Waals surface area (Å²) in [5.41, 5.74) is 3.86. The van der Waals surface area contributed by atoms with Gasteiger partial charge in [0.05, 0.1) is 25.2 Å². The van der Waals surface area contributed by atoms with Crippen LogP contribution in [0.3, 0.4) is 0 Å². The Balaban J connectivity index is 1.38. The van der Waals surface area contributed by atoms with Crippen molar-refractivity contribution in [1.29, 1.82) is 0 Å². The lowest BCUT2D eigenvalue weighted by Crippen LogP contribution is -2.55. The molecule has 2 aromatic carbocycles. The van der Waals surface area contributed by atoms with E-state index in [4.69, 9.17) is 18.7 Å². The highest BCUT2D eigenvalue weighted by atomic mass is 16.6. The van der Waals surface area contributed by atoms with Crippen LogP contribution in [0.5, 0.6) is 0 Å². The number of aromatic nitrogens is 1. The molecule has 1 fully saturated rings. The Morgan fingerprint density at radius 3 is 2.28 bits per heavy atom. The van der Waals surface area contributed by atoms with E-state index >= 15 is 0 Å². The minimum atomic E-state index is -0.663. The molecular weight excluding hydrogens is 550 g/mol. The Morgan fingerprint density at radius 1 is 0.977 bits per heavy atom. The molecule has 2 aliphatic carbocycles. The maximum Gasteiger partial charge on any atom is 0.410 e. The monoisotopic (exact) mass is 589 g/mol. The van der Waals surface area contributed by atoms with Gasteiger partial charge in [0.2, 0.25) is 0 Å². The molecule has 0 spiro atoms. The number of nitrogens with zero attached hydrogens (tertiary/aromatic N) is 2. The van der Waals surface area contributed by atoms with Gasteiger partial charge in [-0.1, -0.05) is 66.5 Å². The van der Waals surface area contributed by atoms with Crippen molar-refractivity contribution in [3.05, 3.63) is 77.2 Å². The van der Waals surface area contributed by atoms with Crippen molar-refractivity contribution in [2.75, 3.05) is 13.2 Å². The van der Waals surface area contributed by atoms with E-state index in [1.165, 1.54) is 6.07 Å². The molecule has 1 saturated carbocycles. The second-order valence-corrected chi connectivity index (χ2v) is 11.9. The quantitative estimate of drug-likeness (QED) is 0.236. The van der Waals surface area contributed by atoms with Crippen LogP contribution in [-0.4, -0.2) is 59.1 Å². The first-order chi connectivity index (χ1) is 20.6. The molecule has 228 valence electrons. The fourth-order valence-corrected chi connectivity index (χ4v) is 5.96. The largest absolute Gasteiger partial charge is 0.461 e. The maximum atomic E-state index is 13.9. The van der Waals surface area contributed by atoms with Crippen LogP contribution in [-0.2, 0) is 20.8 Å². The van der Waals surface area contributed by atoms with Crippen molar-refractivity contribution in [2.24, 2.45) is 0 Å². The third-order valence-electron chi connectivity index (χ3n) is 7.77. The Kier molecular flexibility index (Phi) is 9.03. The molecule has 1 N–H and O–H groups in total. The van der Waals surface area contributed by atoms with Crippen LogP contribution < -0.4 is 5.32 Å². The van der Waals surface area contributed by atoms with Gasteiger partial charge < -0.3 is 24.1 Å². The van der Waals surface area contributed by atoms with Crippen LogP contribution in [0.25, 0.3) is 11.1 Å². The molecule has 2 amide bonds. The topological polar surface area (TPSA) is 120 Å². The highest BCUT2D eigenvalue weighted by Gasteiger charge is 2.37. The van der Waals surface area contributed by atoms with Gasteiger partial charge in [-0.2, -0.15) is 0 Å². The summed E-state index contributed by atoms with van der Waals surface area (Å²) in [5, 5.41) is 6.82. The van der Waals surface area contributed by atoms with E-state index in [0.29, 0.717) is 18.6 Å². The van der Waals surface area contributed by atoms with E-state index in [2.05, 4.69) is 34.7 Å². The van der Waals surface area contributed by atoms with Crippen LogP contribution in [0.1, 0.15) is 86.7 Å². The van der Waals surface area contributed by atoms with E-state index in [1.54, 1.807) is 32.6 Å². The van der Waals surface area contributed by atoms with E-state index < -0.39 is 29.8 Å². The summed E-state index contributed by atoms with van der Waals surface area (Å²) in [6, 6.07) is 17.0. The lowest BCUT2D eigenvalue weighted by atomic mass is 9.89. The van der Waals surface area contributed by atoms with Gasteiger partial charge in [0.25, 0.3) is 0 Å². The Hall–Kier alpha value is -4.34. The van der Waals surface area contributed by atoms with Crippen molar-refractivity contribution < 1.29 is 33.1 Å². The zero-order chi connectivity index (χ0) is 30.6. The maximum absolute atomic E-state index is 13.9. The number of nitrogens with one attached hydrogen (secondary N) is 1. The fourth-order valence-electron chi connectivity index (χ4n) is 5.96. The van der Waals surface area contributed by atoms with Crippen molar-refractivity contribution in [1.82, 2.24) is 15.4 Å². The van der Waals surface area contributed by atoms with Crippen molar-refractivity contribution in [3.63, 3.8) is 0 Å². The van der Waals surface area contributed by atoms with Crippen LogP contribution in [0.4, 0.5) is 9.59 Å². The molecule has 10 heteroatoms. The summed E-state index contributed by atoms with van der Waals surface area (Å²) in [7, 11) is 0. The highest BCUT2D eigenvalue weighted by molar-refractivity contribution is 5.87. The molecule has 2 aliphatic rings. The Morgan fingerprint density at radius 2 is 1.63 bits per heavy atom. The predicted molar refractivity (Wildman–Crippen MR) is 158 cm³/mol. The number of hydrogen-bond donors (Lipinski definition) is 1. The molecule has 10 nitrogen and oxygen atoms in total. The van der Waals surface area contributed by atoms with E-state index in [9.17, 15) is 14.4 Å². The molecule has 5 rings (SSSR count). The number of ether oxygens (including phenoxy) is 3. The third-order valence-corrected chi connectivity index (χ3v) is 7.77. The van der Waals surface area contributed by atoms with E-state index in [1.807, 2.05) is 24.3 Å². The second kappa shape index (κ2) is 12.9. The number of fused-ring (bicyclic) bond motifs is 3. The second-order valence-electron chi connectivity index (χ2n) is 11.9. The molecule has 0 bridgehead atoms. The number of benzene rings is 2. The highest BCUT2D eigenvalue weighted by Crippen LogP contribution is 2.44. The summed E-state index contributed by atoms with van der Waals surface area (Å²) >= 11 is 0. The van der Waals surface area contributed by atoms with E-state index in [-0.39, 0.29) is 37.4 Å².